The Hall–Kier alpha value is -1.64. The first-order chi connectivity index (χ1) is 12.5. The van der Waals surface area contributed by atoms with Gasteiger partial charge in [-0.25, -0.2) is 0 Å². The third-order valence-electron chi connectivity index (χ3n) is 3.35. The second-order valence-electron chi connectivity index (χ2n) is 4.77. The van der Waals surface area contributed by atoms with Crippen LogP contribution in [-0.4, -0.2) is 42.9 Å². The van der Waals surface area contributed by atoms with E-state index in [1.54, 1.807) is 0 Å². The molecule has 2 aromatic carbocycles. The second kappa shape index (κ2) is 6.21. The first-order valence-corrected chi connectivity index (χ1v) is 6.67. The molecule has 0 saturated carbocycles. The Morgan fingerprint density at radius 1 is 0.900 bits per heavy atom. The molecule has 2 nitrogen and oxygen atoms in total. The largest absolute Gasteiger partial charge is 0.304 e. The van der Waals surface area contributed by atoms with Crippen LogP contribution in [0.3, 0.4) is 0 Å². The van der Waals surface area contributed by atoms with Gasteiger partial charge in [0.25, 0.3) is 0 Å². The molecule has 2 heteroatoms. The molecule has 3 rings (SSSR count). The minimum absolute atomic E-state index is 0.404. The van der Waals surface area contributed by atoms with Crippen molar-refractivity contribution in [2.75, 3.05) is 33.1 Å². The zero-order chi connectivity index (χ0) is 19.9. The molecule has 0 amide bonds. The molecular weight excluding hydrogens is 244 g/mol. The highest BCUT2D eigenvalue weighted by atomic mass is 15.3. The van der Waals surface area contributed by atoms with Crippen molar-refractivity contribution in [3.8, 4) is 0 Å². The Labute approximate surface area is 131 Å². The van der Waals surface area contributed by atoms with Crippen LogP contribution in [0.5, 0.6) is 0 Å². The fourth-order valence-corrected chi connectivity index (χ4v) is 2.38. The monoisotopic (exact) mass is 273 g/mol. The van der Waals surface area contributed by atoms with Crippen molar-refractivity contribution in [2.45, 2.75) is 6.04 Å². The maximum atomic E-state index is 8.54. The van der Waals surface area contributed by atoms with Crippen LogP contribution in [0.4, 0.5) is 0 Å². The molecule has 0 spiro atoms. The van der Waals surface area contributed by atoms with Gasteiger partial charge in [-0.2, -0.15) is 0 Å². The van der Waals surface area contributed by atoms with Crippen molar-refractivity contribution >= 4 is 0 Å². The Kier molecular flexibility index (Phi) is 2.29. The molecule has 0 N–H and O–H groups in total. The van der Waals surface area contributed by atoms with Gasteiger partial charge in [-0.05, 0) is 18.1 Å². The molecule has 1 heterocycles. The van der Waals surface area contributed by atoms with Crippen molar-refractivity contribution in [1.29, 1.82) is 0 Å². The number of nitrogens with zero attached hydrogens (tertiary/aromatic N) is 2. The molecule has 0 radical (unpaired) electrons. The van der Waals surface area contributed by atoms with E-state index in [2.05, 4.69) is 0 Å². The van der Waals surface area contributed by atoms with E-state index in [1.165, 1.54) is 4.90 Å². The molecule has 0 aliphatic carbocycles. The average molecular weight is 273 g/mol. The highest BCUT2D eigenvalue weighted by Gasteiger charge is 2.24. The molecule has 0 bridgehead atoms. The standard InChI is InChI=1S/C18H22N2/c1-19-12-14-20(15-13-19)18(16-8-4-2-5-9-16)17-10-6-3-7-11-17/h2-11,18H,12-15H2,1H3/i1D3,14D2,15D2. The van der Waals surface area contributed by atoms with Crippen LogP contribution >= 0.6 is 0 Å². The van der Waals surface area contributed by atoms with Crippen LogP contribution in [-0.2, 0) is 0 Å². The molecule has 20 heavy (non-hydrogen) atoms. The molecule has 1 aliphatic rings. The summed E-state index contributed by atoms with van der Waals surface area (Å²) in [5.74, 6) is 0. The Balaban J connectivity index is 2.11. The third kappa shape index (κ3) is 2.92. The van der Waals surface area contributed by atoms with Gasteiger partial charge in [0, 0.05) is 35.7 Å². The van der Waals surface area contributed by atoms with Gasteiger partial charge in [0.15, 0.2) is 0 Å². The van der Waals surface area contributed by atoms with Crippen molar-refractivity contribution < 1.29 is 9.60 Å². The number of piperazine rings is 1. The maximum Gasteiger partial charge on any atom is 0.0602 e. The summed E-state index contributed by atoms with van der Waals surface area (Å²) >= 11 is 0. The Morgan fingerprint density at radius 2 is 1.40 bits per heavy atom. The predicted molar refractivity (Wildman–Crippen MR) is 83.8 cm³/mol. The van der Waals surface area contributed by atoms with Crippen LogP contribution in [0.2, 0.25) is 0 Å². The second-order valence-corrected chi connectivity index (χ2v) is 4.77. The van der Waals surface area contributed by atoms with E-state index in [0.29, 0.717) is 0 Å². The fourth-order valence-electron chi connectivity index (χ4n) is 2.38. The summed E-state index contributed by atoms with van der Waals surface area (Å²) in [4.78, 5) is 2.07. The minimum atomic E-state index is -2.55. The van der Waals surface area contributed by atoms with Gasteiger partial charge in [-0.15, -0.1) is 0 Å². The summed E-state index contributed by atoms with van der Waals surface area (Å²) in [6.45, 7) is -7.74. The highest BCUT2D eigenvalue weighted by Crippen LogP contribution is 2.29. The number of rotatable bonds is 3. The van der Waals surface area contributed by atoms with E-state index >= 15 is 0 Å². The zero-order valence-electron chi connectivity index (χ0n) is 18.2. The Morgan fingerprint density at radius 3 is 1.85 bits per heavy atom. The van der Waals surface area contributed by atoms with E-state index in [0.717, 1.165) is 16.0 Å². The molecule has 104 valence electrons. The maximum absolute atomic E-state index is 8.54. The van der Waals surface area contributed by atoms with E-state index in [-0.39, 0.29) is 0 Å². The van der Waals surface area contributed by atoms with Crippen molar-refractivity contribution in [1.82, 2.24) is 9.80 Å². The van der Waals surface area contributed by atoms with E-state index in [9.17, 15) is 0 Å². The fraction of sp³-hybridized carbons (Fsp3) is 0.333. The van der Waals surface area contributed by atoms with Gasteiger partial charge in [-0.3, -0.25) is 4.90 Å². The van der Waals surface area contributed by atoms with Crippen LogP contribution in [0.15, 0.2) is 60.7 Å². The van der Waals surface area contributed by atoms with Crippen LogP contribution in [0.25, 0.3) is 0 Å². The number of benzene rings is 2. The number of likely N-dealkylation sites (N-methyl/N-ethyl adjacent to an activating group) is 1. The normalized spacial score (nSPS) is 28.4. The molecule has 0 unspecified atom stereocenters. The Bertz CT molecular complexity index is 705. The zero-order valence-corrected chi connectivity index (χ0v) is 11.2. The van der Waals surface area contributed by atoms with Gasteiger partial charge in [0.2, 0.25) is 0 Å². The summed E-state index contributed by atoms with van der Waals surface area (Å²) in [6, 6.07) is 17.7. The van der Waals surface area contributed by atoms with Crippen molar-refractivity contribution in [3.05, 3.63) is 71.8 Å². The quantitative estimate of drug-likeness (QED) is 0.848. The smallest absolute Gasteiger partial charge is 0.0602 e. The van der Waals surface area contributed by atoms with Crippen molar-refractivity contribution in [2.24, 2.45) is 0 Å². The third-order valence-corrected chi connectivity index (χ3v) is 3.35. The van der Waals surface area contributed by atoms with Crippen LogP contribution in [0, 0.1) is 0 Å². The van der Waals surface area contributed by atoms with Gasteiger partial charge < -0.3 is 4.90 Å². The molecule has 1 saturated heterocycles. The molecule has 1 fully saturated rings. The molecule has 0 aromatic heterocycles. The van der Waals surface area contributed by atoms with Gasteiger partial charge >= 0.3 is 0 Å². The summed E-state index contributed by atoms with van der Waals surface area (Å²) in [5.41, 5.74) is 1.50. The molecule has 0 atom stereocenters. The molecule has 1 aliphatic heterocycles. The van der Waals surface area contributed by atoms with Crippen LogP contribution < -0.4 is 0 Å². The lowest BCUT2D eigenvalue weighted by molar-refractivity contribution is 0.127. The first-order valence-electron chi connectivity index (χ1n) is 10.2. The molecular formula is C18H22N2. The van der Waals surface area contributed by atoms with Crippen LogP contribution in [0.1, 0.15) is 26.8 Å². The summed E-state index contributed by atoms with van der Waals surface area (Å²) in [6.07, 6.45) is 0. The van der Waals surface area contributed by atoms with E-state index < -0.39 is 39.1 Å². The summed E-state index contributed by atoms with van der Waals surface area (Å²) in [5, 5.41) is 0. The SMILES string of the molecule is [2H]C([2H])([2H])N1CC([2H])([2H])N(C(c2ccccc2)c2ccccc2)C([2H])([2H])C1. The lowest BCUT2D eigenvalue weighted by Crippen LogP contribution is -2.46. The lowest BCUT2D eigenvalue weighted by atomic mass is 9.96. The number of hydrogen-bond acceptors (Lipinski definition) is 2. The van der Waals surface area contributed by atoms with Gasteiger partial charge in [-0.1, -0.05) is 60.7 Å². The minimum Gasteiger partial charge on any atom is -0.304 e. The summed E-state index contributed by atoms with van der Waals surface area (Å²) < 4.78 is 56.9. The predicted octanol–water partition coefficient (Wildman–Crippen LogP) is 3.02. The highest BCUT2D eigenvalue weighted by molar-refractivity contribution is 5.31. The first kappa shape index (κ1) is 7.39. The number of hydrogen-bond donors (Lipinski definition) is 0. The van der Waals surface area contributed by atoms with Gasteiger partial charge in [0.05, 0.1) is 6.04 Å². The lowest BCUT2D eigenvalue weighted by Gasteiger charge is -2.38. The van der Waals surface area contributed by atoms with E-state index in [1.807, 2.05) is 60.7 Å². The van der Waals surface area contributed by atoms with E-state index in [4.69, 9.17) is 9.60 Å². The van der Waals surface area contributed by atoms with Crippen molar-refractivity contribution in [3.63, 3.8) is 0 Å². The molecule has 2 aromatic rings. The average Bonchev–Trinajstić information content (AvgIpc) is 2.58. The van der Waals surface area contributed by atoms with Gasteiger partial charge in [0.1, 0.15) is 0 Å². The summed E-state index contributed by atoms with van der Waals surface area (Å²) in [7, 11) is 0. The topological polar surface area (TPSA) is 6.48 Å².